The number of hydrogen-bond acceptors (Lipinski definition) is 0. The van der Waals surface area contributed by atoms with Gasteiger partial charge in [-0.2, -0.15) is 0 Å². The van der Waals surface area contributed by atoms with E-state index in [-0.39, 0.29) is 0 Å². The van der Waals surface area contributed by atoms with Crippen LogP contribution in [0.3, 0.4) is 0 Å². The second-order valence-corrected chi connectivity index (χ2v) is 6.79. The van der Waals surface area contributed by atoms with Crippen molar-refractivity contribution in [3.05, 3.63) is 24.0 Å². The van der Waals surface area contributed by atoms with Crippen LogP contribution in [0, 0.1) is 0 Å². The summed E-state index contributed by atoms with van der Waals surface area (Å²) in [6, 6.07) is 0. The molecule has 1 aliphatic rings. The minimum atomic E-state index is 1.14. The Morgan fingerprint density at radius 2 is 1.33 bits per heavy atom. The Kier molecular flexibility index (Phi) is 9.74. The Labute approximate surface area is 133 Å². The van der Waals surface area contributed by atoms with Crippen LogP contribution in [0.4, 0.5) is 0 Å². The molecule has 1 heterocycles. The lowest BCUT2D eigenvalue weighted by atomic mass is 10.1. The predicted molar refractivity (Wildman–Crippen MR) is 95.0 cm³/mol. The third kappa shape index (κ3) is 7.31. The summed E-state index contributed by atoms with van der Waals surface area (Å²) in [5.74, 6) is 0. The maximum Gasteiger partial charge on any atom is 0.104 e. The fraction of sp³-hybridized carbons (Fsp3) is 0.800. The van der Waals surface area contributed by atoms with Crippen LogP contribution in [0.5, 0.6) is 0 Å². The lowest BCUT2D eigenvalue weighted by Crippen LogP contribution is -2.37. The van der Waals surface area contributed by atoms with Gasteiger partial charge in [-0.25, -0.2) is 0 Å². The molecule has 0 saturated carbocycles. The van der Waals surface area contributed by atoms with E-state index in [2.05, 4.69) is 39.2 Å². The molecule has 1 unspecified atom stereocenters. The van der Waals surface area contributed by atoms with Crippen LogP contribution >= 0.6 is 0 Å². The van der Waals surface area contributed by atoms with Gasteiger partial charge in [0, 0.05) is 11.6 Å². The molecule has 0 radical (unpaired) electrons. The Bertz CT molecular complexity index is 316. The van der Waals surface area contributed by atoms with Crippen LogP contribution in [0.25, 0.3) is 0 Å². The van der Waals surface area contributed by atoms with Gasteiger partial charge < -0.3 is 0 Å². The molecule has 0 saturated heterocycles. The van der Waals surface area contributed by atoms with E-state index >= 15 is 0 Å². The van der Waals surface area contributed by atoms with Crippen molar-refractivity contribution in [2.24, 2.45) is 0 Å². The predicted octanol–water partition coefficient (Wildman–Crippen LogP) is 6.57. The lowest BCUT2D eigenvalue weighted by molar-refractivity contribution is -0.826. The van der Waals surface area contributed by atoms with Crippen molar-refractivity contribution < 1.29 is 4.48 Å². The molecule has 0 bridgehead atoms. The Hall–Kier alpha value is -0.560. The molecule has 1 nitrogen and oxygen atoms in total. The lowest BCUT2D eigenvalue weighted by Gasteiger charge is -2.29. The summed E-state index contributed by atoms with van der Waals surface area (Å²) in [7, 11) is 0. The molecule has 0 aromatic carbocycles. The van der Waals surface area contributed by atoms with Gasteiger partial charge in [-0.05, 0) is 32.1 Å². The molecule has 1 heteroatoms. The van der Waals surface area contributed by atoms with E-state index in [1.165, 1.54) is 83.7 Å². The molecule has 0 amide bonds. The summed E-state index contributed by atoms with van der Waals surface area (Å²) >= 11 is 0. The highest BCUT2D eigenvalue weighted by Crippen LogP contribution is 2.26. The van der Waals surface area contributed by atoms with Gasteiger partial charge in [0.15, 0.2) is 0 Å². The quantitative estimate of drug-likeness (QED) is 0.266. The van der Waals surface area contributed by atoms with Gasteiger partial charge in [0.25, 0.3) is 0 Å². The maximum absolute atomic E-state index is 2.57. The third-order valence-electron chi connectivity index (χ3n) is 4.68. The number of quaternary nitrogens is 1. The van der Waals surface area contributed by atoms with Gasteiger partial charge >= 0.3 is 0 Å². The van der Waals surface area contributed by atoms with Gasteiger partial charge in [0.2, 0.25) is 0 Å². The minimum absolute atomic E-state index is 1.14. The van der Waals surface area contributed by atoms with Crippen molar-refractivity contribution in [1.82, 2.24) is 0 Å². The number of allylic oxidation sites excluding steroid dienone is 2. The van der Waals surface area contributed by atoms with E-state index in [9.17, 15) is 0 Å². The van der Waals surface area contributed by atoms with Gasteiger partial charge in [0.05, 0.1) is 13.1 Å². The third-order valence-corrected chi connectivity index (χ3v) is 4.68. The van der Waals surface area contributed by atoms with E-state index in [4.69, 9.17) is 0 Å². The molecule has 0 aromatic rings. The molecule has 122 valence electrons. The molecule has 0 N–H and O–H groups in total. The van der Waals surface area contributed by atoms with Crippen molar-refractivity contribution in [3.63, 3.8) is 0 Å². The first-order valence-corrected chi connectivity index (χ1v) is 9.53. The zero-order chi connectivity index (χ0) is 15.4. The summed E-state index contributed by atoms with van der Waals surface area (Å²) in [5, 5.41) is 0. The van der Waals surface area contributed by atoms with Gasteiger partial charge in [-0.15, -0.1) is 0 Å². The number of nitrogens with zero attached hydrogens (tertiary/aromatic N) is 1. The Morgan fingerprint density at radius 1 is 0.714 bits per heavy atom. The van der Waals surface area contributed by atoms with Gasteiger partial charge in [-0.1, -0.05) is 59.3 Å². The summed E-state index contributed by atoms with van der Waals surface area (Å²) in [4.78, 5) is 0. The van der Waals surface area contributed by atoms with Crippen molar-refractivity contribution >= 4 is 0 Å². The molecule has 1 atom stereocenters. The molecular weight excluding hydrogens is 254 g/mol. The molecule has 1 rings (SSSR count). The van der Waals surface area contributed by atoms with Crippen LogP contribution < -0.4 is 0 Å². The van der Waals surface area contributed by atoms with E-state index in [0.29, 0.717) is 0 Å². The molecule has 21 heavy (non-hydrogen) atoms. The summed E-state index contributed by atoms with van der Waals surface area (Å²) in [6.07, 6.45) is 22.4. The van der Waals surface area contributed by atoms with Crippen LogP contribution in [0.1, 0.15) is 91.4 Å². The topological polar surface area (TPSA) is 0 Å². The SMILES string of the molecule is CCCCCCCC[N+]1(CCCC)C=CC(CCCC)=C1. The van der Waals surface area contributed by atoms with E-state index in [1.807, 2.05) is 0 Å². The van der Waals surface area contributed by atoms with Crippen LogP contribution in [0.15, 0.2) is 24.0 Å². The largest absolute Gasteiger partial charge is 0.271 e. The number of hydrogen-bond donors (Lipinski definition) is 0. The average Bonchev–Trinajstić information content (AvgIpc) is 2.90. The van der Waals surface area contributed by atoms with E-state index < -0.39 is 0 Å². The second kappa shape index (κ2) is 11.1. The molecule has 1 aliphatic heterocycles. The molecule has 0 spiro atoms. The fourth-order valence-electron chi connectivity index (χ4n) is 3.22. The van der Waals surface area contributed by atoms with Crippen molar-refractivity contribution in [1.29, 1.82) is 0 Å². The van der Waals surface area contributed by atoms with Crippen LogP contribution in [-0.4, -0.2) is 17.6 Å². The molecule has 0 aliphatic carbocycles. The summed E-state index contributed by atoms with van der Waals surface area (Å²) < 4.78 is 1.14. The first-order chi connectivity index (χ1) is 10.3. The summed E-state index contributed by atoms with van der Waals surface area (Å²) in [5.41, 5.74) is 1.58. The zero-order valence-electron chi connectivity index (χ0n) is 14.9. The highest BCUT2D eigenvalue weighted by Gasteiger charge is 2.26. The van der Waals surface area contributed by atoms with Crippen LogP contribution in [-0.2, 0) is 0 Å². The number of rotatable bonds is 13. The normalized spacial score (nSPS) is 21.0. The highest BCUT2D eigenvalue weighted by molar-refractivity contribution is 5.19. The van der Waals surface area contributed by atoms with Gasteiger partial charge in [-0.3, -0.25) is 4.48 Å². The second-order valence-electron chi connectivity index (χ2n) is 6.79. The molecular formula is C20H38N+. The monoisotopic (exact) mass is 292 g/mol. The Morgan fingerprint density at radius 3 is 2.05 bits per heavy atom. The first-order valence-electron chi connectivity index (χ1n) is 9.53. The Balaban J connectivity index is 2.41. The zero-order valence-corrected chi connectivity index (χ0v) is 14.9. The van der Waals surface area contributed by atoms with E-state index in [0.717, 1.165) is 4.48 Å². The molecule has 0 fully saturated rings. The minimum Gasteiger partial charge on any atom is -0.271 e. The van der Waals surface area contributed by atoms with E-state index in [1.54, 1.807) is 5.57 Å². The number of unbranched alkanes of at least 4 members (excludes halogenated alkanes) is 7. The van der Waals surface area contributed by atoms with Crippen molar-refractivity contribution in [3.8, 4) is 0 Å². The maximum atomic E-state index is 2.57. The van der Waals surface area contributed by atoms with Gasteiger partial charge in [0.1, 0.15) is 12.4 Å². The van der Waals surface area contributed by atoms with Crippen molar-refractivity contribution in [2.45, 2.75) is 91.4 Å². The summed E-state index contributed by atoms with van der Waals surface area (Å²) in [6.45, 7) is 9.51. The average molecular weight is 293 g/mol. The van der Waals surface area contributed by atoms with Crippen molar-refractivity contribution in [2.75, 3.05) is 13.1 Å². The first kappa shape index (κ1) is 18.5. The smallest absolute Gasteiger partial charge is 0.104 e. The fourth-order valence-corrected chi connectivity index (χ4v) is 3.22. The van der Waals surface area contributed by atoms with Crippen LogP contribution in [0.2, 0.25) is 0 Å². The molecule has 0 aromatic heterocycles. The highest BCUT2D eigenvalue weighted by atomic mass is 15.3. The standard InChI is InChI=1S/C20H38N/c1-4-7-10-11-12-13-17-21(16-9-6-3)18-15-20(19-21)14-8-5-2/h15,18-19H,4-14,16-17H2,1-3H3/q+1.